The molecular weight excluding hydrogens is 437 g/mol. The normalized spacial score (nSPS) is 15.8. The van der Waals surface area contributed by atoms with Crippen LogP contribution < -0.4 is 0 Å². The van der Waals surface area contributed by atoms with E-state index in [9.17, 15) is 14.0 Å². The van der Waals surface area contributed by atoms with Crippen molar-refractivity contribution in [3.05, 3.63) is 100 Å². The molecule has 6 nitrogen and oxygen atoms in total. The number of carbonyl (C=O) groups excluding carboxylic acids is 2. The molecule has 1 heterocycles. The van der Waals surface area contributed by atoms with Gasteiger partial charge in [0.2, 0.25) is 0 Å². The third-order valence-corrected chi connectivity index (χ3v) is 5.94. The molecule has 0 bridgehead atoms. The lowest BCUT2D eigenvalue weighted by Crippen LogP contribution is -2.22. The number of aliphatic imine (C=N–C) groups is 1. The zero-order valence-electron chi connectivity index (χ0n) is 18.8. The van der Waals surface area contributed by atoms with Gasteiger partial charge in [-0.25, -0.2) is 4.39 Å². The quantitative estimate of drug-likeness (QED) is 0.327. The summed E-state index contributed by atoms with van der Waals surface area (Å²) in [5, 5.41) is 0. The highest BCUT2D eigenvalue weighted by Gasteiger charge is 2.31. The highest BCUT2D eigenvalue weighted by atomic mass is 19.1. The Morgan fingerprint density at radius 3 is 2.29 bits per heavy atom. The maximum Gasteiger partial charge on any atom is 0.293 e. The van der Waals surface area contributed by atoms with Gasteiger partial charge in [0.25, 0.3) is 6.47 Å². The SMILES string of the molecule is COC(OC)c1ccc(C(COC=O)c2cccc3c2C(=O)C(c2ccc(F)cc2)C=N3)cc1. The van der Waals surface area contributed by atoms with Crippen molar-refractivity contribution >= 4 is 24.2 Å². The molecule has 0 aliphatic carbocycles. The number of methoxy groups -OCH3 is 2. The molecule has 0 amide bonds. The van der Waals surface area contributed by atoms with Gasteiger partial charge in [-0.05, 0) is 34.9 Å². The van der Waals surface area contributed by atoms with E-state index in [0.29, 0.717) is 28.8 Å². The number of hydrogen-bond acceptors (Lipinski definition) is 6. The van der Waals surface area contributed by atoms with Crippen LogP contribution >= 0.6 is 0 Å². The molecule has 0 saturated heterocycles. The Labute approximate surface area is 197 Å². The van der Waals surface area contributed by atoms with Gasteiger partial charge in [-0.3, -0.25) is 14.6 Å². The summed E-state index contributed by atoms with van der Waals surface area (Å²) in [6, 6.07) is 18.8. The van der Waals surface area contributed by atoms with E-state index in [1.165, 1.54) is 12.1 Å². The predicted octanol–water partition coefficient (Wildman–Crippen LogP) is 5.10. The fraction of sp³-hybridized carbons (Fsp3) is 0.222. The number of rotatable bonds is 9. The van der Waals surface area contributed by atoms with Gasteiger partial charge >= 0.3 is 0 Å². The van der Waals surface area contributed by atoms with Gasteiger partial charge in [-0.15, -0.1) is 0 Å². The number of ketones is 1. The van der Waals surface area contributed by atoms with Crippen molar-refractivity contribution in [1.29, 1.82) is 0 Å². The van der Waals surface area contributed by atoms with Crippen LogP contribution in [-0.2, 0) is 19.0 Å². The third kappa shape index (κ3) is 4.66. The summed E-state index contributed by atoms with van der Waals surface area (Å²) in [5.74, 6) is -1.54. The summed E-state index contributed by atoms with van der Waals surface area (Å²) in [7, 11) is 3.12. The van der Waals surface area contributed by atoms with Crippen LogP contribution in [0, 0.1) is 5.82 Å². The number of halogens is 1. The molecule has 0 saturated carbocycles. The van der Waals surface area contributed by atoms with Crippen LogP contribution in [0.3, 0.4) is 0 Å². The second kappa shape index (κ2) is 10.5. The first-order chi connectivity index (χ1) is 16.6. The maximum absolute atomic E-state index is 13.6. The van der Waals surface area contributed by atoms with Crippen LogP contribution in [0.25, 0.3) is 0 Å². The number of ether oxygens (including phenoxy) is 3. The molecule has 0 radical (unpaired) electrons. The molecule has 2 unspecified atom stereocenters. The van der Waals surface area contributed by atoms with E-state index in [1.807, 2.05) is 36.4 Å². The van der Waals surface area contributed by atoms with Crippen molar-refractivity contribution in [1.82, 2.24) is 0 Å². The molecule has 1 aliphatic heterocycles. The molecule has 0 spiro atoms. The minimum Gasteiger partial charge on any atom is -0.467 e. The molecule has 4 rings (SSSR count). The molecule has 3 aromatic rings. The third-order valence-electron chi connectivity index (χ3n) is 5.94. The Morgan fingerprint density at radius 2 is 1.65 bits per heavy atom. The van der Waals surface area contributed by atoms with Crippen molar-refractivity contribution in [2.24, 2.45) is 4.99 Å². The first-order valence-electron chi connectivity index (χ1n) is 10.7. The number of fused-ring (bicyclic) bond motifs is 1. The lowest BCUT2D eigenvalue weighted by atomic mass is 9.81. The number of Topliss-reactive ketones (excluding diaryl/α,β-unsaturated/α-hetero) is 1. The second-order valence-corrected chi connectivity index (χ2v) is 7.87. The van der Waals surface area contributed by atoms with E-state index in [2.05, 4.69) is 4.99 Å². The van der Waals surface area contributed by atoms with Gasteiger partial charge in [0.1, 0.15) is 12.4 Å². The molecule has 34 heavy (non-hydrogen) atoms. The van der Waals surface area contributed by atoms with E-state index >= 15 is 0 Å². The monoisotopic (exact) mass is 461 g/mol. The number of carbonyl (C=O) groups is 2. The van der Waals surface area contributed by atoms with E-state index in [-0.39, 0.29) is 18.2 Å². The summed E-state index contributed by atoms with van der Waals surface area (Å²) >= 11 is 0. The van der Waals surface area contributed by atoms with Crippen molar-refractivity contribution < 1.29 is 28.2 Å². The molecule has 2 atom stereocenters. The van der Waals surface area contributed by atoms with Gasteiger partial charge in [0, 0.05) is 37.5 Å². The minimum atomic E-state index is -0.631. The Morgan fingerprint density at radius 1 is 0.971 bits per heavy atom. The van der Waals surface area contributed by atoms with E-state index < -0.39 is 18.1 Å². The van der Waals surface area contributed by atoms with Crippen LogP contribution in [0.4, 0.5) is 10.1 Å². The summed E-state index contributed by atoms with van der Waals surface area (Å²) in [4.78, 5) is 29.2. The lowest BCUT2D eigenvalue weighted by molar-refractivity contribution is -0.128. The van der Waals surface area contributed by atoms with E-state index in [1.54, 1.807) is 38.6 Å². The van der Waals surface area contributed by atoms with E-state index in [4.69, 9.17) is 14.2 Å². The van der Waals surface area contributed by atoms with Crippen LogP contribution in [0.2, 0.25) is 0 Å². The topological polar surface area (TPSA) is 74.2 Å². The number of hydrogen-bond donors (Lipinski definition) is 0. The van der Waals surface area contributed by atoms with E-state index in [0.717, 1.165) is 11.1 Å². The molecule has 0 N–H and O–H groups in total. The average molecular weight is 461 g/mol. The highest BCUT2D eigenvalue weighted by molar-refractivity contribution is 6.16. The van der Waals surface area contributed by atoms with Crippen LogP contribution in [0.15, 0.2) is 71.7 Å². The Kier molecular flexibility index (Phi) is 7.25. The minimum absolute atomic E-state index is 0.0511. The predicted molar refractivity (Wildman–Crippen MR) is 125 cm³/mol. The Bertz CT molecular complexity index is 1190. The standard InChI is InChI=1S/C27H24FNO5/c1-32-27(33-2)19-8-6-18(7-9-19)23(15-34-16-30)21-4-3-5-24-25(21)26(31)22(14-29-24)17-10-12-20(28)13-11-17/h3-14,16,22-23,27H,15H2,1-2H3. The van der Waals surface area contributed by atoms with Crippen LogP contribution in [0.1, 0.15) is 50.7 Å². The van der Waals surface area contributed by atoms with Gasteiger partial charge in [0.15, 0.2) is 12.1 Å². The Hall–Kier alpha value is -3.68. The van der Waals surface area contributed by atoms with Gasteiger partial charge in [0.05, 0.1) is 11.6 Å². The fourth-order valence-electron chi connectivity index (χ4n) is 4.26. The van der Waals surface area contributed by atoms with Crippen molar-refractivity contribution in [3.8, 4) is 0 Å². The van der Waals surface area contributed by atoms with Crippen LogP contribution in [-0.4, -0.2) is 39.3 Å². The average Bonchev–Trinajstić information content (AvgIpc) is 2.87. The zero-order valence-corrected chi connectivity index (χ0v) is 18.8. The summed E-state index contributed by atoms with van der Waals surface area (Å²) in [5.41, 5.74) is 4.06. The van der Waals surface area contributed by atoms with Crippen LogP contribution in [0.5, 0.6) is 0 Å². The smallest absolute Gasteiger partial charge is 0.293 e. The first-order valence-corrected chi connectivity index (χ1v) is 10.7. The van der Waals surface area contributed by atoms with Crippen molar-refractivity contribution in [3.63, 3.8) is 0 Å². The molecule has 3 aromatic carbocycles. The summed E-state index contributed by atoms with van der Waals surface area (Å²) < 4.78 is 29.2. The largest absolute Gasteiger partial charge is 0.467 e. The molecule has 0 fully saturated rings. The molecule has 7 heteroatoms. The molecule has 0 aromatic heterocycles. The summed E-state index contributed by atoms with van der Waals surface area (Å²) in [6.07, 6.45) is 1.08. The maximum atomic E-state index is 13.6. The number of benzene rings is 3. The van der Waals surface area contributed by atoms with Gasteiger partial charge in [-0.1, -0.05) is 48.5 Å². The fourth-order valence-corrected chi connectivity index (χ4v) is 4.26. The van der Waals surface area contributed by atoms with Gasteiger partial charge in [-0.2, -0.15) is 0 Å². The Balaban J connectivity index is 1.75. The van der Waals surface area contributed by atoms with Crippen molar-refractivity contribution in [2.45, 2.75) is 18.1 Å². The molecule has 174 valence electrons. The second-order valence-electron chi connectivity index (χ2n) is 7.87. The first kappa shape index (κ1) is 23.5. The summed E-state index contributed by atoms with van der Waals surface area (Å²) in [6.45, 7) is 0.444. The zero-order chi connectivity index (χ0) is 24.1. The van der Waals surface area contributed by atoms with Crippen molar-refractivity contribution in [2.75, 3.05) is 20.8 Å². The number of nitrogens with zero attached hydrogens (tertiary/aromatic N) is 1. The molecular formula is C27H24FNO5. The van der Waals surface area contributed by atoms with Gasteiger partial charge < -0.3 is 14.2 Å². The lowest BCUT2D eigenvalue weighted by Gasteiger charge is -2.25. The molecule has 1 aliphatic rings. The highest BCUT2D eigenvalue weighted by Crippen LogP contribution is 2.38.